The lowest BCUT2D eigenvalue weighted by Gasteiger charge is -2.24. The van der Waals surface area contributed by atoms with Crippen molar-refractivity contribution in [2.45, 2.75) is 0 Å². The Labute approximate surface area is 186 Å². The minimum Gasteiger partial charge on any atom is -0.506 e. The van der Waals surface area contributed by atoms with E-state index in [1.54, 1.807) is 0 Å². The Hall–Kier alpha value is -4.65. The average Bonchev–Trinajstić information content (AvgIpc) is 2.82. The van der Waals surface area contributed by atoms with Gasteiger partial charge in [0.05, 0.1) is 38.0 Å². The van der Waals surface area contributed by atoms with Crippen LogP contribution in [0.3, 0.4) is 0 Å². The molecule has 7 nitrogen and oxygen atoms in total. The second-order valence-electron chi connectivity index (χ2n) is 8.27. The predicted octanol–water partition coefficient (Wildman–Crippen LogP) is 5.66. The van der Waals surface area contributed by atoms with Gasteiger partial charge in [0.2, 0.25) is 11.0 Å². The summed E-state index contributed by atoms with van der Waals surface area (Å²) in [6.45, 7) is 0. The lowest BCUT2D eigenvalue weighted by molar-refractivity contribution is -0.617. The van der Waals surface area contributed by atoms with Crippen LogP contribution in [0, 0.1) is 10.1 Å². The zero-order valence-electron chi connectivity index (χ0n) is 17.4. The molecule has 0 amide bonds. The van der Waals surface area contributed by atoms with Crippen molar-refractivity contribution in [3.05, 3.63) is 82.9 Å². The second-order valence-corrected chi connectivity index (χ2v) is 8.27. The van der Waals surface area contributed by atoms with Gasteiger partial charge in [0.25, 0.3) is 5.69 Å². The van der Waals surface area contributed by atoms with E-state index >= 15 is 0 Å². The van der Waals surface area contributed by atoms with Crippen LogP contribution in [0.25, 0.3) is 60.8 Å². The lowest BCUT2D eigenvalue weighted by atomic mass is 9.90. The molecule has 2 aliphatic rings. The number of nitro groups is 1. The number of pyridine rings is 2. The number of hydrogen-bond donors (Lipinski definition) is 1. The van der Waals surface area contributed by atoms with Crippen LogP contribution < -0.4 is 4.57 Å². The molecule has 0 bridgehead atoms. The number of phenolic OH excluding ortho intramolecular Hbond substituents is 1. The zero-order chi connectivity index (χ0) is 22.4. The number of rotatable bonds is 2. The van der Waals surface area contributed by atoms with E-state index < -0.39 is 4.92 Å². The van der Waals surface area contributed by atoms with Crippen LogP contribution in [0.5, 0.6) is 5.75 Å². The third-order valence-electron chi connectivity index (χ3n) is 6.61. The van der Waals surface area contributed by atoms with E-state index in [-0.39, 0.29) is 11.4 Å². The van der Waals surface area contributed by atoms with Gasteiger partial charge in [-0.25, -0.2) is 0 Å². The van der Waals surface area contributed by atoms with Crippen molar-refractivity contribution >= 4 is 49.7 Å². The summed E-state index contributed by atoms with van der Waals surface area (Å²) in [7, 11) is 2.02. The lowest BCUT2D eigenvalue weighted by Crippen LogP contribution is -2.31. The molecular formula is C26H16N3O4+. The van der Waals surface area contributed by atoms with Crippen LogP contribution >= 0.6 is 0 Å². The molecule has 1 N–H and O–H groups in total. The van der Waals surface area contributed by atoms with Gasteiger partial charge in [-0.05, 0) is 30.3 Å². The number of aryl methyl sites for hydroxylation is 1. The summed E-state index contributed by atoms with van der Waals surface area (Å²) in [5, 5.41) is 24.4. The fourth-order valence-corrected chi connectivity index (χ4v) is 5.24. The molecule has 1 aromatic heterocycles. The quantitative estimate of drug-likeness (QED) is 0.125. The predicted molar refractivity (Wildman–Crippen MR) is 125 cm³/mol. The van der Waals surface area contributed by atoms with Gasteiger partial charge in [0.1, 0.15) is 24.0 Å². The van der Waals surface area contributed by atoms with E-state index in [9.17, 15) is 15.2 Å². The summed E-state index contributed by atoms with van der Waals surface area (Å²) in [4.78, 5) is 11.1. The highest BCUT2D eigenvalue weighted by molar-refractivity contribution is 6.24. The topological polar surface area (TPSA) is 85.3 Å². The summed E-state index contributed by atoms with van der Waals surface area (Å²) < 4.78 is 10.4. The zero-order valence-corrected chi connectivity index (χ0v) is 17.4. The molecule has 0 atom stereocenters. The smallest absolute Gasteiger partial charge is 0.271 e. The first kappa shape index (κ1) is 18.0. The molecule has 0 fully saturated rings. The molecule has 0 aliphatic carbocycles. The van der Waals surface area contributed by atoms with Crippen LogP contribution in [-0.2, 0) is 7.05 Å². The number of phenols is 1. The van der Waals surface area contributed by atoms with Crippen LogP contribution in [0.1, 0.15) is 0 Å². The van der Waals surface area contributed by atoms with Gasteiger partial charge in [-0.2, -0.15) is 4.57 Å². The first-order valence-corrected chi connectivity index (χ1v) is 10.5. The van der Waals surface area contributed by atoms with Gasteiger partial charge < -0.3 is 14.1 Å². The largest absolute Gasteiger partial charge is 0.506 e. The molecule has 0 saturated carbocycles. The van der Waals surface area contributed by atoms with Crippen LogP contribution in [0.15, 0.2) is 77.2 Å². The van der Waals surface area contributed by atoms with Crippen LogP contribution in [0.2, 0.25) is 0 Å². The summed E-state index contributed by atoms with van der Waals surface area (Å²) >= 11 is 0. The van der Waals surface area contributed by atoms with Crippen molar-refractivity contribution in [1.29, 1.82) is 0 Å². The van der Waals surface area contributed by atoms with E-state index in [4.69, 9.17) is 4.42 Å². The van der Waals surface area contributed by atoms with Crippen molar-refractivity contribution in [1.82, 2.24) is 4.57 Å². The van der Waals surface area contributed by atoms with Crippen LogP contribution in [0.4, 0.5) is 5.69 Å². The molecule has 2 aliphatic heterocycles. The molecule has 7 heteroatoms. The Morgan fingerprint density at radius 3 is 2.39 bits per heavy atom. The average molecular weight is 434 g/mol. The summed E-state index contributed by atoms with van der Waals surface area (Å²) in [6.07, 6.45) is 0. The summed E-state index contributed by atoms with van der Waals surface area (Å²) in [6, 6.07) is 21.9. The molecule has 3 heterocycles. The maximum atomic E-state index is 11.5. The van der Waals surface area contributed by atoms with E-state index in [2.05, 4.69) is 16.7 Å². The molecule has 0 unspecified atom stereocenters. The van der Waals surface area contributed by atoms with E-state index in [1.165, 1.54) is 18.2 Å². The van der Waals surface area contributed by atoms with Gasteiger partial charge in [-0.15, -0.1) is 0 Å². The normalized spacial score (nSPS) is 12.2. The minimum absolute atomic E-state index is 0.0405. The number of nitro benzene ring substituents is 1. The highest BCUT2D eigenvalue weighted by atomic mass is 16.6. The first-order valence-electron chi connectivity index (χ1n) is 10.5. The highest BCUT2D eigenvalue weighted by Gasteiger charge is 2.31. The van der Waals surface area contributed by atoms with Gasteiger partial charge in [0, 0.05) is 29.8 Å². The molecule has 4 aromatic carbocycles. The van der Waals surface area contributed by atoms with Crippen molar-refractivity contribution in [2.24, 2.45) is 7.05 Å². The minimum atomic E-state index is -0.454. The molecular weight excluding hydrogens is 418 g/mol. The van der Waals surface area contributed by atoms with Gasteiger partial charge in [-0.1, -0.05) is 18.2 Å². The van der Waals surface area contributed by atoms with E-state index in [1.807, 2.05) is 54.1 Å². The summed E-state index contributed by atoms with van der Waals surface area (Å²) in [5.41, 5.74) is 7.48. The van der Waals surface area contributed by atoms with Crippen molar-refractivity contribution in [3.63, 3.8) is 0 Å². The number of nitrogens with zero attached hydrogens (tertiary/aromatic N) is 3. The monoisotopic (exact) mass is 434 g/mol. The Balaban J connectivity index is 1.83. The Morgan fingerprint density at radius 2 is 1.58 bits per heavy atom. The third-order valence-corrected chi connectivity index (χ3v) is 6.61. The Morgan fingerprint density at radius 1 is 0.879 bits per heavy atom. The molecule has 0 radical (unpaired) electrons. The van der Waals surface area contributed by atoms with Crippen LogP contribution in [-0.4, -0.2) is 14.6 Å². The maximum absolute atomic E-state index is 11.5. The fourth-order valence-electron chi connectivity index (χ4n) is 5.24. The van der Waals surface area contributed by atoms with Gasteiger partial charge >= 0.3 is 0 Å². The number of non-ortho nitro benzene ring substituents is 1. The van der Waals surface area contributed by atoms with E-state index in [0.29, 0.717) is 11.3 Å². The Bertz CT molecular complexity index is 1880. The van der Waals surface area contributed by atoms with Gasteiger partial charge in [0.15, 0.2) is 0 Å². The fraction of sp³-hybridized carbons (Fsp3) is 0.0385. The van der Waals surface area contributed by atoms with Gasteiger partial charge in [-0.3, -0.25) is 10.1 Å². The molecule has 5 aromatic rings. The maximum Gasteiger partial charge on any atom is 0.271 e. The molecule has 158 valence electrons. The number of aromatic hydroxyl groups is 1. The molecule has 0 saturated heterocycles. The van der Waals surface area contributed by atoms with Crippen molar-refractivity contribution in [3.8, 4) is 22.6 Å². The number of aromatic nitrogens is 2. The second kappa shape index (κ2) is 5.98. The van der Waals surface area contributed by atoms with E-state index in [0.717, 1.165) is 49.5 Å². The summed E-state index contributed by atoms with van der Waals surface area (Å²) in [5.74, 6) is -0.0405. The third kappa shape index (κ3) is 2.15. The van der Waals surface area contributed by atoms with Crippen molar-refractivity contribution < 1.29 is 19.0 Å². The standard InChI is InChI=1S/C26H15N3O4/c1-27-15-5-2-7-17-23(15)26-24-16(27)6-3-9-21(24)33-22-10-4-8-18(25(22)26)28(17)19-13-14(29(31)32)11-12-20(19)30/h2-13H,1H3/p+1. The van der Waals surface area contributed by atoms with Crippen molar-refractivity contribution in [2.75, 3.05) is 0 Å². The first-order chi connectivity index (χ1) is 16.0. The number of hydrogen-bond acceptors (Lipinski definition) is 4. The number of benzene rings is 4. The highest BCUT2D eigenvalue weighted by Crippen LogP contribution is 2.48. The molecule has 7 rings (SSSR count). The SMILES string of the molecule is C[n+]1c2cccc3oc4cccc5c4-c(c32)c2c(cccc21)n5-c1cc([N+](=O)[O-])ccc1O. The molecule has 33 heavy (non-hydrogen) atoms. The Kier molecular flexibility index (Phi) is 3.26. The molecule has 0 spiro atoms.